The van der Waals surface area contributed by atoms with Crippen molar-refractivity contribution in [3.05, 3.63) is 51.3 Å². The van der Waals surface area contributed by atoms with Gasteiger partial charge in [0.2, 0.25) is 0 Å². The number of aromatic nitrogens is 2. The first kappa shape index (κ1) is 14.5. The van der Waals surface area contributed by atoms with Crippen LogP contribution < -0.4 is 4.74 Å². The third-order valence-electron chi connectivity index (χ3n) is 3.12. The van der Waals surface area contributed by atoms with Crippen molar-refractivity contribution in [2.45, 2.75) is 13.5 Å². The lowest BCUT2D eigenvalue weighted by atomic mass is 10.1. The van der Waals surface area contributed by atoms with Crippen LogP contribution in [0.15, 0.2) is 24.4 Å². The molecule has 1 aromatic carbocycles. The van der Waals surface area contributed by atoms with Crippen molar-refractivity contribution in [1.29, 1.82) is 0 Å². The molecule has 0 saturated heterocycles. The first-order chi connectivity index (χ1) is 9.93. The number of nitro groups is 1. The van der Waals surface area contributed by atoms with Gasteiger partial charge in [-0.3, -0.25) is 14.8 Å². The lowest BCUT2D eigenvalue weighted by molar-refractivity contribution is -0.385. The van der Waals surface area contributed by atoms with Crippen molar-refractivity contribution in [2.75, 3.05) is 7.11 Å². The molecule has 0 spiro atoms. The maximum atomic E-state index is 11.0. The first-order valence-electron chi connectivity index (χ1n) is 6.01. The van der Waals surface area contributed by atoms with Gasteiger partial charge in [-0.15, -0.1) is 0 Å². The van der Waals surface area contributed by atoms with Gasteiger partial charge in [-0.1, -0.05) is 0 Å². The van der Waals surface area contributed by atoms with Crippen LogP contribution in [-0.4, -0.2) is 32.9 Å². The highest BCUT2D eigenvalue weighted by Gasteiger charge is 2.18. The Morgan fingerprint density at radius 3 is 2.76 bits per heavy atom. The molecule has 8 nitrogen and oxygen atoms in total. The number of rotatable bonds is 5. The van der Waals surface area contributed by atoms with E-state index < -0.39 is 10.9 Å². The fourth-order valence-electron chi connectivity index (χ4n) is 1.97. The Balaban J connectivity index is 2.40. The standard InChI is InChI=1S/C13H13N3O5/c1-8-11(16(19)20)6-14-15(8)7-10-5-9(13(17)18)3-4-12(10)21-2/h3-6H,7H2,1-2H3,(H,17,18). The monoisotopic (exact) mass is 291 g/mol. The fraction of sp³-hybridized carbons (Fsp3) is 0.231. The predicted molar refractivity (Wildman–Crippen MR) is 72.7 cm³/mol. The Bertz CT molecular complexity index is 708. The number of carboxylic acid groups (broad SMARTS) is 1. The van der Waals surface area contributed by atoms with E-state index in [-0.39, 0.29) is 17.8 Å². The molecule has 2 rings (SSSR count). The molecule has 1 heterocycles. The number of methoxy groups -OCH3 is 1. The van der Waals surface area contributed by atoms with E-state index in [0.717, 1.165) is 0 Å². The van der Waals surface area contributed by atoms with Crippen LogP contribution >= 0.6 is 0 Å². The molecule has 0 aliphatic rings. The highest BCUT2D eigenvalue weighted by atomic mass is 16.6. The Hall–Kier alpha value is -2.90. The molecule has 0 unspecified atom stereocenters. The zero-order valence-corrected chi connectivity index (χ0v) is 11.4. The minimum absolute atomic E-state index is 0.0802. The number of carboxylic acids is 1. The summed E-state index contributed by atoms with van der Waals surface area (Å²) in [7, 11) is 1.47. The minimum atomic E-state index is -1.05. The number of hydrogen-bond donors (Lipinski definition) is 1. The van der Waals surface area contributed by atoms with Crippen LogP contribution in [0, 0.1) is 17.0 Å². The molecule has 0 radical (unpaired) electrons. The smallest absolute Gasteiger partial charge is 0.335 e. The SMILES string of the molecule is COc1ccc(C(=O)O)cc1Cn1ncc([N+](=O)[O-])c1C. The maximum Gasteiger partial charge on any atom is 0.335 e. The van der Waals surface area contributed by atoms with Crippen molar-refractivity contribution < 1.29 is 19.6 Å². The zero-order valence-electron chi connectivity index (χ0n) is 11.4. The highest BCUT2D eigenvalue weighted by Crippen LogP contribution is 2.23. The molecular formula is C13H13N3O5. The van der Waals surface area contributed by atoms with Crippen LogP contribution in [0.2, 0.25) is 0 Å². The van der Waals surface area contributed by atoms with Gasteiger partial charge in [-0.25, -0.2) is 4.79 Å². The topological polar surface area (TPSA) is 107 Å². The van der Waals surface area contributed by atoms with Crippen LogP contribution in [0.5, 0.6) is 5.75 Å². The number of benzene rings is 1. The van der Waals surface area contributed by atoms with Crippen molar-refractivity contribution in [2.24, 2.45) is 0 Å². The van der Waals surface area contributed by atoms with Crippen molar-refractivity contribution in [1.82, 2.24) is 9.78 Å². The maximum absolute atomic E-state index is 11.0. The molecule has 1 N–H and O–H groups in total. The van der Waals surface area contributed by atoms with E-state index in [0.29, 0.717) is 17.0 Å². The van der Waals surface area contributed by atoms with Gasteiger partial charge in [0.1, 0.15) is 17.6 Å². The summed E-state index contributed by atoms with van der Waals surface area (Å²) in [6.07, 6.45) is 1.17. The summed E-state index contributed by atoms with van der Waals surface area (Å²) < 4.78 is 6.61. The lowest BCUT2D eigenvalue weighted by Gasteiger charge is -2.10. The molecule has 0 amide bonds. The van der Waals surface area contributed by atoms with E-state index in [1.54, 1.807) is 13.0 Å². The van der Waals surface area contributed by atoms with Crippen LogP contribution in [0.4, 0.5) is 5.69 Å². The molecule has 0 aliphatic heterocycles. The van der Waals surface area contributed by atoms with Gasteiger partial charge in [0.15, 0.2) is 0 Å². The molecule has 0 aliphatic carbocycles. The van der Waals surface area contributed by atoms with Crippen LogP contribution in [0.25, 0.3) is 0 Å². The van der Waals surface area contributed by atoms with Crippen molar-refractivity contribution in [3.63, 3.8) is 0 Å². The Morgan fingerprint density at radius 1 is 1.52 bits per heavy atom. The Kier molecular flexibility index (Phi) is 3.88. The first-order valence-corrected chi connectivity index (χ1v) is 6.01. The van der Waals surface area contributed by atoms with Gasteiger partial charge in [0.25, 0.3) is 0 Å². The number of hydrogen-bond acceptors (Lipinski definition) is 5. The molecule has 0 saturated carbocycles. The summed E-state index contributed by atoms with van der Waals surface area (Å²) in [4.78, 5) is 21.3. The van der Waals surface area contributed by atoms with Gasteiger partial charge in [0.05, 0.1) is 24.1 Å². The summed E-state index contributed by atoms with van der Waals surface area (Å²) in [6, 6.07) is 4.45. The summed E-state index contributed by atoms with van der Waals surface area (Å²) >= 11 is 0. The average molecular weight is 291 g/mol. The largest absolute Gasteiger partial charge is 0.496 e. The predicted octanol–water partition coefficient (Wildman–Crippen LogP) is 1.85. The van der Waals surface area contributed by atoms with Crippen LogP contribution in [0.1, 0.15) is 21.6 Å². The van der Waals surface area contributed by atoms with E-state index in [2.05, 4.69) is 5.10 Å². The van der Waals surface area contributed by atoms with E-state index in [1.807, 2.05) is 0 Å². The number of ether oxygens (including phenoxy) is 1. The van der Waals surface area contributed by atoms with Crippen LogP contribution in [-0.2, 0) is 6.54 Å². The average Bonchev–Trinajstić information content (AvgIpc) is 2.80. The summed E-state index contributed by atoms with van der Waals surface area (Å²) in [5.74, 6) is -0.556. The highest BCUT2D eigenvalue weighted by molar-refractivity contribution is 5.88. The van der Waals surface area contributed by atoms with E-state index in [9.17, 15) is 14.9 Å². The quantitative estimate of drug-likeness (QED) is 0.665. The molecule has 2 aromatic rings. The van der Waals surface area contributed by atoms with E-state index >= 15 is 0 Å². The van der Waals surface area contributed by atoms with E-state index in [1.165, 1.54) is 30.1 Å². The van der Waals surface area contributed by atoms with Crippen molar-refractivity contribution >= 4 is 11.7 Å². The van der Waals surface area contributed by atoms with Gasteiger partial charge in [-0.05, 0) is 25.1 Å². The second-order valence-corrected chi connectivity index (χ2v) is 4.36. The van der Waals surface area contributed by atoms with Gasteiger partial charge in [0, 0.05) is 5.56 Å². The second kappa shape index (κ2) is 5.61. The van der Waals surface area contributed by atoms with Gasteiger partial charge in [-0.2, -0.15) is 5.10 Å². The molecule has 1 aromatic heterocycles. The molecule has 8 heteroatoms. The minimum Gasteiger partial charge on any atom is -0.496 e. The molecule has 0 bridgehead atoms. The number of aromatic carboxylic acids is 1. The van der Waals surface area contributed by atoms with Crippen molar-refractivity contribution in [3.8, 4) is 5.75 Å². The summed E-state index contributed by atoms with van der Waals surface area (Å²) in [5.41, 5.74) is 1.01. The lowest BCUT2D eigenvalue weighted by Crippen LogP contribution is -2.07. The summed E-state index contributed by atoms with van der Waals surface area (Å²) in [6.45, 7) is 1.77. The van der Waals surface area contributed by atoms with Gasteiger partial charge >= 0.3 is 11.7 Å². The fourth-order valence-corrected chi connectivity index (χ4v) is 1.97. The Morgan fingerprint density at radius 2 is 2.24 bits per heavy atom. The molecule has 21 heavy (non-hydrogen) atoms. The van der Waals surface area contributed by atoms with Crippen LogP contribution in [0.3, 0.4) is 0 Å². The third kappa shape index (κ3) is 2.83. The molecule has 0 fully saturated rings. The molecule has 110 valence electrons. The number of nitrogens with zero attached hydrogens (tertiary/aromatic N) is 3. The zero-order chi connectivity index (χ0) is 15.6. The normalized spacial score (nSPS) is 10.4. The third-order valence-corrected chi connectivity index (χ3v) is 3.12. The summed E-state index contributed by atoms with van der Waals surface area (Å²) in [5, 5.41) is 23.8. The Labute approximate surface area is 119 Å². The molecule has 0 atom stereocenters. The number of carbonyl (C=O) groups is 1. The van der Waals surface area contributed by atoms with Gasteiger partial charge < -0.3 is 9.84 Å². The van der Waals surface area contributed by atoms with E-state index in [4.69, 9.17) is 9.84 Å². The second-order valence-electron chi connectivity index (χ2n) is 4.36. The molecular weight excluding hydrogens is 278 g/mol.